The quantitative estimate of drug-likeness (QED) is 0.532. The van der Waals surface area contributed by atoms with Gasteiger partial charge in [0.1, 0.15) is 5.82 Å². The smallest absolute Gasteiger partial charge is 0.137 e. The molecule has 1 heterocycles. The van der Waals surface area contributed by atoms with Crippen LogP contribution in [-0.4, -0.2) is 4.98 Å². The number of pyridine rings is 1. The Bertz CT molecular complexity index is 222. The Morgan fingerprint density at radius 1 is 1.56 bits per heavy atom. The molecule has 0 unspecified atom stereocenters. The molecule has 2 nitrogen and oxygen atoms in total. The fourth-order valence-corrected chi connectivity index (χ4v) is 0.694. The minimum atomic E-state index is 0.498. The number of thiol groups is 1. The van der Waals surface area contributed by atoms with Crippen LogP contribution in [0.2, 0.25) is 0 Å². The summed E-state index contributed by atoms with van der Waals surface area (Å²) in [7, 11) is 0. The SMILES string of the molecule is Cc1ccc(S)c(N)n1. The number of nitrogen functional groups attached to an aromatic ring is 1. The van der Waals surface area contributed by atoms with Crippen molar-refractivity contribution >= 4 is 18.4 Å². The van der Waals surface area contributed by atoms with Gasteiger partial charge in [0.15, 0.2) is 0 Å². The zero-order valence-electron chi connectivity index (χ0n) is 5.13. The van der Waals surface area contributed by atoms with E-state index < -0.39 is 0 Å². The summed E-state index contributed by atoms with van der Waals surface area (Å²) in [5.41, 5.74) is 6.35. The molecule has 9 heavy (non-hydrogen) atoms. The van der Waals surface area contributed by atoms with Crippen LogP contribution < -0.4 is 5.73 Å². The van der Waals surface area contributed by atoms with Crippen molar-refractivity contribution in [2.75, 3.05) is 5.73 Å². The largest absolute Gasteiger partial charge is 0.383 e. The summed E-state index contributed by atoms with van der Waals surface area (Å²) in [6.45, 7) is 1.89. The highest BCUT2D eigenvalue weighted by molar-refractivity contribution is 7.80. The van der Waals surface area contributed by atoms with E-state index in [1.54, 1.807) is 0 Å². The predicted octanol–water partition coefficient (Wildman–Crippen LogP) is 1.26. The minimum Gasteiger partial charge on any atom is -0.383 e. The highest BCUT2D eigenvalue weighted by atomic mass is 32.1. The van der Waals surface area contributed by atoms with Gasteiger partial charge in [0.25, 0.3) is 0 Å². The summed E-state index contributed by atoms with van der Waals surface area (Å²) in [6, 6.07) is 3.71. The number of anilines is 1. The van der Waals surface area contributed by atoms with E-state index in [0.717, 1.165) is 10.6 Å². The van der Waals surface area contributed by atoms with Gasteiger partial charge < -0.3 is 5.73 Å². The Labute approximate surface area is 59.5 Å². The van der Waals surface area contributed by atoms with Crippen molar-refractivity contribution in [3.63, 3.8) is 0 Å². The molecule has 0 radical (unpaired) electrons. The van der Waals surface area contributed by atoms with Gasteiger partial charge in [0, 0.05) is 10.6 Å². The molecule has 0 saturated carbocycles. The molecule has 3 heteroatoms. The van der Waals surface area contributed by atoms with Gasteiger partial charge in [-0.2, -0.15) is 0 Å². The lowest BCUT2D eigenvalue weighted by atomic mass is 10.4. The maximum absolute atomic E-state index is 5.43. The first kappa shape index (κ1) is 6.42. The monoisotopic (exact) mass is 140 g/mol. The number of hydrogen-bond acceptors (Lipinski definition) is 3. The van der Waals surface area contributed by atoms with Crippen LogP contribution in [0.5, 0.6) is 0 Å². The van der Waals surface area contributed by atoms with Gasteiger partial charge in [0.2, 0.25) is 0 Å². The first-order valence-electron chi connectivity index (χ1n) is 2.62. The topological polar surface area (TPSA) is 38.9 Å². The summed E-state index contributed by atoms with van der Waals surface area (Å²) < 4.78 is 0. The van der Waals surface area contributed by atoms with E-state index in [9.17, 15) is 0 Å². The molecule has 2 N–H and O–H groups in total. The van der Waals surface area contributed by atoms with E-state index in [1.165, 1.54) is 0 Å². The lowest BCUT2D eigenvalue weighted by Gasteiger charge is -1.96. The van der Waals surface area contributed by atoms with E-state index in [-0.39, 0.29) is 0 Å². The van der Waals surface area contributed by atoms with Gasteiger partial charge in [-0.25, -0.2) is 4.98 Å². The third-order valence-corrected chi connectivity index (χ3v) is 1.42. The third kappa shape index (κ3) is 1.36. The van der Waals surface area contributed by atoms with Crippen molar-refractivity contribution in [2.45, 2.75) is 11.8 Å². The lowest BCUT2D eigenvalue weighted by molar-refractivity contribution is 1.16. The van der Waals surface area contributed by atoms with Crippen molar-refractivity contribution in [3.8, 4) is 0 Å². The standard InChI is InChI=1S/C6H8N2S/c1-4-2-3-5(9)6(7)8-4/h2-3,9H,1H3,(H2,7,8). The lowest BCUT2D eigenvalue weighted by Crippen LogP contribution is -1.92. The Morgan fingerprint density at radius 2 is 2.22 bits per heavy atom. The van der Waals surface area contributed by atoms with Crippen LogP contribution in [0.15, 0.2) is 17.0 Å². The number of aromatic nitrogens is 1. The fourth-order valence-electron chi connectivity index (χ4n) is 0.569. The molecule has 1 aromatic rings. The van der Waals surface area contributed by atoms with Crippen LogP contribution in [0.25, 0.3) is 0 Å². The Morgan fingerprint density at radius 3 is 2.67 bits per heavy atom. The second-order valence-corrected chi connectivity index (χ2v) is 2.34. The van der Waals surface area contributed by atoms with Crippen LogP contribution in [0.1, 0.15) is 5.69 Å². The van der Waals surface area contributed by atoms with E-state index >= 15 is 0 Å². The molecule has 0 spiro atoms. The molecule has 0 aliphatic rings. The highest BCUT2D eigenvalue weighted by Gasteiger charge is 1.92. The second-order valence-electron chi connectivity index (χ2n) is 1.86. The fraction of sp³-hybridized carbons (Fsp3) is 0.167. The van der Waals surface area contributed by atoms with E-state index in [0.29, 0.717) is 5.82 Å². The molecule has 0 atom stereocenters. The maximum atomic E-state index is 5.43. The predicted molar refractivity (Wildman–Crippen MR) is 40.6 cm³/mol. The van der Waals surface area contributed by atoms with Gasteiger partial charge in [-0.1, -0.05) is 0 Å². The Hall–Kier alpha value is -0.700. The third-order valence-electron chi connectivity index (χ3n) is 1.04. The van der Waals surface area contributed by atoms with Crippen molar-refractivity contribution in [1.29, 1.82) is 0 Å². The van der Waals surface area contributed by atoms with Crippen LogP contribution >= 0.6 is 12.6 Å². The molecule has 1 aromatic heterocycles. The Kier molecular flexibility index (Phi) is 1.62. The number of nitrogens with zero attached hydrogens (tertiary/aromatic N) is 1. The summed E-state index contributed by atoms with van der Waals surface area (Å²) in [6.07, 6.45) is 0. The zero-order chi connectivity index (χ0) is 6.85. The first-order valence-corrected chi connectivity index (χ1v) is 3.07. The second kappa shape index (κ2) is 2.27. The van der Waals surface area contributed by atoms with Gasteiger partial charge in [-0.05, 0) is 19.1 Å². The normalized spacial score (nSPS) is 9.56. The summed E-state index contributed by atoms with van der Waals surface area (Å²) in [5, 5.41) is 0. The highest BCUT2D eigenvalue weighted by Crippen LogP contribution is 2.12. The van der Waals surface area contributed by atoms with Crippen LogP contribution in [0.3, 0.4) is 0 Å². The molecule has 0 aromatic carbocycles. The van der Waals surface area contributed by atoms with E-state index in [4.69, 9.17) is 5.73 Å². The molecule has 0 aliphatic carbocycles. The van der Waals surface area contributed by atoms with Crippen molar-refractivity contribution in [1.82, 2.24) is 4.98 Å². The summed E-state index contributed by atoms with van der Waals surface area (Å²) in [5.74, 6) is 0.498. The molecule has 0 amide bonds. The molecule has 0 saturated heterocycles. The summed E-state index contributed by atoms with van der Waals surface area (Å²) >= 11 is 4.06. The maximum Gasteiger partial charge on any atom is 0.137 e. The van der Waals surface area contributed by atoms with Crippen LogP contribution in [0, 0.1) is 6.92 Å². The van der Waals surface area contributed by atoms with Crippen LogP contribution in [0.4, 0.5) is 5.82 Å². The van der Waals surface area contributed by atoms with Gasteiger partial charge >= 0.3 is 0 Å². The number of nitrogens with two attached hydrogens (primary N) is 1. The van der Waals surface area contributed by atoms with Gasteiger partial charge in [-0.3, -0.25) is 0 Å². The average molecular weight is 140 g/mol. The first-order chi connectivity index (χ1) is 4.20. The molecule has 48 valence electrons. The molecule has 1 rings (SSSR count). The number of aryl methyl sites for hydroxylation is 1. The Balaban J connectivity index is 3.17. The molecule has 0 fully saturated rings. The minimum absolute atomic E-state index is 0.498. The number of hydrogen-bond donors (Lipinski definition) is 2. The summed E-state index contributed by atoms with van der Waals surface area (Å²) in [4.78, 5) is 4.71. The average Bonchev–Trinajstić information content (AvgIpc) is 1.80. The van der Waals surface area contributed by atoms with Gasteiger partial charge in [-0.15, -0.1) is 12.6 Å². The van der Waals surface area contributed by atoms with Gasteiger partial charge in [0.05, 0.1) is 0 Å². The zero-order valence-corrected chi connectivity index (χ0v) is 6.02. The van der Waals surface area contributed by atoms with Crippen molar-refractivity contribution < 1.29 is 0 Å². The number of rotatable bonds is 0. The van der Waals surface area contributed by atoms with Crippen molar-refractivity contribution in [3.05, 3.63) is 17.8 Å². The molecule has 0 aliphatic heterocycles. The van der Waals surface area contributed by atoms with E-state index in [1.807, 2.05) is 19.1 Å². The molecular weight excluding hydrogens is 132 g/mol. The van der Waals surface area contributed by atoms with E-state index in [2.05, 4.69) is 17.6 Å². The van der Waals surface area contributed by atoms with Crippen LogP contribution in [-0.2, 0) is 0 Å². The molecule has 0 bridgehead atoms. The van der Waals surface area contributed by atoms with Crippen molar-refractivity contribution in [2.24, 2.45) is 0 Å². The molecular formula is C6H8N2S.